The topological polar surface area (TPSA) is 56.7 Å². The normalized spacial score (nSPS) is 13.0. The largest absolute Gasteiger partial charge is 0.369 e. The van der Waals surface area contributed by atoms with E-state index in [0.717, 1.165) is 16.9 Å². The molecule has 0 aliphatic heterocycles. The molecular formula is C14H16N4S. The van der Waals surface area contributed by atoms with Crippen LogP contribution in [0, 0.1) is 13.8 Å². The molecule has 5 heteroatoms. The maximum atomic E-state index is 6.06. The summed E-state index contributed by atoms with van der Waals surface area (Å²) >= 11 is 1.78. The molecule has 0 radical (unpaired) electrons. The highest BCUT2D eigenvalue weighted by atomic mass is 32.1. The molecule has 0 amide bonds. The van der Waals surface area contributed by atoms with E-state index in [1.54, 1.807) is 11.3 Å². The zero-order chi connectivity index (χ0) is 13.6. The first kappa shape index (κ1) is 12.2. The van der Waals surface area contributed by atoms with E-state index in [4.69, 9.17) is 5.73 Å². The second-order valence-corrected chi connectivity index (χ2v) is 6.08. The molecule has 3 rings (SSSR count). The van der Waals surface area contributed by atoms with Gasteiger partial charge in [-0.1, -0.05) is 0 Å². The van der Waals surface area contributed by atoms with Crippen LogP contribution in [0.2, 0.25) is 0 Å². The average molecular weight is 272 g/mol. The van der Waals surface area contributed by atoms with Gasteiger partial charge >= 0.3 is 0 Å². The molecule has 0 fully saturated rings. The molecule has 3 aromatic heterocycles. The maximum Gasteiger partial charge on any atom is 0.203 e. The highest BCUT2D eigenvalue weighted by Gasteiger charge is 2.17. The van der Waals surface area contributed by atoms with E-state index in [9.17, 15) is 0 Å². The minimum absolute atomic E-state index is 0.151. The summed E-state index contributed by atoms with van der Waals surface area (Å²) in [5, 5.41) is 0. The Hall–Kier alpha value is -1.88. The highest BCUT2D eigenvalue weighted by molar-refractivity contribution is 7.12. The molecule has 4 nitrogen and oxygen atoms in total. The fourth-order valence-corrected chi connectivity index (χ4v) is 3.19. The third-order valence-electron chi connectivity index (χ3n) is 3.26. The van der Waals surface area contributed by atoms with E-state index in [1.807, 2.05) is 23.6 Å². The third kappa shape index (κ3) is 2.00. The Morgan fingerprint density at radius 3 is 2.63 bits per heavy atom. The fraction of sp³-hybridized carbons (Fsp3) is 0.286. The molecule has 0 spiro atoms. The van der Waals surface area contributed by atoms with E-state index in [0.29, 0.717) is 5.95 Å². The molecule has 0 bridgehead atoms. The van der Waals surface area contributed by atoms with Gasteiger partial charge in [0.05, 0.1) is 6.04 Å². The molecule has 0 aromatic carbocycles. The molecule has 3 aromatic rings. The molecule has 0 aliphatic carbocycles. The van der Waals surface area contributed by atoms with E-state index < -0.39 is 0 Å². The number of anilines is 1. The van der Waals surface area contributed by atoms with E-state index in [2.05, 4.69) is 35.9 Å². The molecule has 3 heterocycles. The first-order valence-electron chi connectivity index (χ1n) is 6.23. The van der Waals surface area contributed by atoms with Gasteiger partial charge in [0.2, 0.25) is 5.95 Å². The van der Waals surface area contributed by atoms with Gasteiger partial charge in [0.25, 0.3) is 0 Å². The van der Waals surface area contributed by atoms with Crippen LogP contribution in [-0.4, -0.2) is 14.5 Å². The Balaban J connectivity index is 2.18. The number of aromatic nitrogens is 3. The van der Waals surface area contributed by atoms with Crippen LogP contribution in [0.3, 0.4) is 0 Å². The number of fused-ring (bicyclic) bond motifs is 1. The Morgan fingerprint density at radius 2 is 1.95 bits per heavy atom. The highest BCUT2D eigenvalue weighted by Crippen LogP contribution is 2.30. The van der Waals surface area contributed by atoms with Crippen LogP contribution < -0.4 is 5.73 Å². The third-order valence-corrected chi connectivity index (χ3v) is 4.43. The summed E-state index contributed by atoms with van der Waals surface area (Å²) in [4.78, 5) is 11.5. The van der Waals surface area contributed by atoms with Gasteiger partial charge in [0.15, 0.2) is 5.65 Å². The van der Waals surface area contributed by atoms with Crippen molar-refractivity contribution in [2.24, 2.45) is 0 Å². The van der Waals surface area contributed by atoms with Gasteiger partial charge in [0, 0.05) is 15.4 Å². The zero-order valence-corrected chi connectivity index (χ0v) is 12.0. The van der Waals surface area contributed by atoms with E-state index in [1.165, 1.54) is 9.75 Å². The number of aryl methyl sites for hydroxylation is 2. The lowest BCUT2D eigenvalue weighted by Crippen LogP contribution is -2.09. The number of nitrogen functional groups attached to an aromatic ring is 1. The van der Waals surface area contributed by atoms with Gasteiger partial charge in [-0.05, 0) is 45.0 Å². The second-order valence-electron chi connectivity index (χ2n) is 4.76. The van der Waals surface area contributed by atoms with E-state index in [-0.39, 0.29) is 6.04 Å². The van der Waals surface area contributed by atoms with Gasteiger partial charge < -0.3 is 5.73 Å². The number of nitrogens with zero attached hydrogens (tertiary/aromatic N) is 3. The van der Waals surface area contributed by atoms with Crippen molar-refractivity contribution in [3.05, 3.63) is 39.7 Å². The molecule has 19 heavy (non-hydrogen) atoms. The quantitative estimate of drug-likeness (QED) is 0.778. The second kappa shape index (κ2) is 4.35. The number of hydrogen-bond acceptors (Lipinski definition) is 4. The van der Waals surface area contributed by atoms with Crippen LogP contribution in [0.15, 0.2) is 24.3 Å². The molecular weight excluding hydrogens is 256 g/mol. The van der Waals surface area contributed by atoms with Crippen LogP contribution in [0.4, 0.5) is 5.95 Å². The number of pyridine rings is 1. The first-order valence-corrected chi connectivity index (χ1v) is 7.05. The van der Waals surface area contributed by atoms with Crippen molar-refractivity contribution in [1.29, 1.82) is 0 Å². The molecule has 98 valence electrons. The summed E-state index contributed by atoms with van der Waals surface area (Å²) < 4.78 is 2.01. The number of rotatable bonds is 2. The number of imidazole rings is 1. The van der Waals surface area contributed by atoms with Crippen molar-refractivity contribution >= 4 is 28.4 Å². The van der Waals surface area contributed by atoms with Crippen molar-refractivity contribution in [2.75, 3.05) is 5.73 Å². The lowest BCUT2D eigenvalue weighted by atomic mass is 10.2. The Kier molecular flexibility index (Phi) is 2.78. The Morgan fingerprint density at radius 1 is 1.16 bits per heavy atom. The Bertz CT molecular complexity index is 741. The molecule has 0 saturated heterocycles. The molecule has 1 unspecified atom stereocenters. The van der Waals surface area contributed by atoms with Crippen LogP contribution >= 0.6 is 11.3 Å². The lowest BCUT2D eigenvalue weighted by Gasteiger charge is -2.13. The predicted molar refractivity (Wildman–Crippen MR) is 79.5 cm³/mol. The van der Waals surface area contributed by atoms with Crippen LogP contribution in [0.1, 0.15) is 28.4 Å². The van der Waals surface area contributed by atoms with Gasteiger partial charge in [-0.2, -0.15) is 0 Å². The number of thiophene rings is 1. The standard InChI is InChI=1S/C14H16N4S/c1-8-4-6-11-13(16-8)18(14(15)17-11)10(3)12-7-5-9(2)19-12/h4-7,10H,1-3H3,(H2,15,17). The van der Waals surface area contributed by atoms with E-state index >= 15 is 0 Å². The minimum atomic E-state index is 0.151. The molecule has 1 atom stereocenters. The Labute approximate surface area is 115 Å². The maximum absolute atomic E-state index is 6.06. The lowest BCUT2D eigenvalue weighted by molar-refractivity contribution is 0.673. The van der Waals surface area contributed by atoms with Crippen molar-refractivity contribution in [1.82, 2.24) is 14.5 Å². The summed E-state index contributed by atoms with van der Waals surface area (Å²) in [6.07, 6.45) is 0. The molecule has 2 N–H and O–H groups in total. The van der Waals surface area contributed by atoms with Crippen molar-refractivity contribution in [2.45, 2.75) is 26.8 Å². The summed E-state index contributed by atoms with van der Waals surface area (Å²) in [6.45, 7) is 6.22. The minimum Gasteiger partial charge on any atom is -0.369 e. The van der Waals surface area contributed by atoms with Gasteiger partial charge in [-0.25, -0.2) is 9.97 Å². The van der Waals surface area contributed by atoms with Crippen LogP contribution in [-0.2, 0) is 0 Å². The SMILES string of the molecule is Cc1ccc2nc(N)n(C(C)c3ccc(C)s3)c2n1. The van der Waals surface area contributed by atoms with Crippen molar-refractivity contribution in [3.63, 3.8) is 0 Å². The van der Waals surface area contributed by atoms with Gasteiger partial charge in [0.1, 0.15) is 5.52 Å². The van der Waals surface area contributed by atoms with Crippen LogP contribution in [0.25, 0.3) is 11.2 Å². The summed E-state index contributed by atoms with van der Waals surface area (Å²) in [5.41, 5.74) is 8.75. The zero-order valence-electron chi connectivity index (χ0n) is 11.2. The summed E-state index contributed by atoms with van der Waals surface area (Å²) in [7, 11) is 0. The van der Waals surface area contributed by atoms with Crippen molar-refractivity contribution < 1.29 is 0 Å². The molecule has 0 saturated carbocycles. The first-order chi connectivity index (χ1) is 9.06. The number of nitrogens with two attached hydrogens (primary N) is 1. The van der Waals surface area contributed by atoms with Gasteiger partial charge in [-0.15, -0.1) is 11.3 Å². The smallest absolute Gasteiger partial charge is 0.203 e. The van der Waals surface area contributed by atoms with Crippen LogP contribution in [0.5, 0.6) is 0 Å². The molecule has 0 aliphatic rings. The predicted octanol–water partition coefficient (Wildman–Crippen LogP) is 3.30. The number of hydrogen-bond donors (Lipinski definition) is 1. The summed E-state index contributed by atoms with van der Waals surface area (Å²) in [5.74, 6) is 0.520. The monoisotopic (exact) mass is 272 g/mol. The fourth-order valence-electron chi connectivity index (χ4n) is 2.27. The van der Waals surface area contributed by atoms with Crippen molar-refractivity contribution in [3.8, 4) is 0 Å². The summed E-state index contributed by atoms with van der Waals surface area (Å²) in [6, 6.07) is 8.35. The van der Waals surface area contributed by atoms with Gasteiger partial charge in [-0.3, -0.25) is 4.57 Å². The average Bonchev–Trinajstić information content (AvgIpc) is 2.91.